The summed E-state index contributed by atoms with van der Waals surface area (Å²) < 4.78 is 19.9. The fourth-order valence-electron chi connectivity index (χ4n) is 1.56. The summed E-state index contributed by atoms with van der Waals surface area (Å²) in [5, 5.41) is 7.63. The highest BCUT2D eigenvalue weighted by atomic mass is 19.1. The number of nitrogens with two attached hydrogens (primary N) is 1. The lowest BCUT2D eigenvalue weighted by Crippen LogP contribution is -2.06. The molecule has 0 aliphatic rings. The summed E-state index contributed by atoms with van der Waals surface area (Å²) in [6.07, 6.45) is 0. The van der Waals surface area contributed by atoms with Gasteiger partial charge in [0.15, 0.2) is 5.82 Å². The Hall–Kier alpha value is -2.11. The molecule has 6 heteroatoms. The van der Waals surface area contributed by atoms with E-state index < -0.39 is 0 Å². The molecule has 2 N–H and O–H groups in total. The third kappa shape index (κ3) is 2.20. The molecule has 0 radical (unpaired) electrons. The molecule has 2 rings (SSSR count). The standard InChI is InChI=1S/C11H13FN4O/c1-7-11(13)14-15-16(7)6-8-5-9(12)3-4-10(8)17-2/h3-5H,6,13H2,1-2H3. The molecule has 1 aromatic carbocycles. The van der Waals surface area contributed by atoms with Crippen LogP contribution in [0.1, 0.15) is 11.3 Å². The van der Waals surface area contributed by atoms with Gasteiger partial charge < -0.3 is 10.5 Å². The molecular weight excluding hydrogens is 223 g/mol. The van der Waals surface area contributed by atoms with Gasteiger partial charge in [-0.15, -0.1) is 5.10 Å². The summed E-state index contributed by atoms with van der Waals surface area (Å²) in [5.41, 5.74) is 7.04. The summed E-state index contributed by atoms with van der Waals surface area (Å²) in [4.78, 5) is 0. The Bertz CT molecular complexity index is 538. The van der Waals surface area contributed by atoms with Crippen molar-refractivity contribution < 1.29 is 9.13 Å². The van der Waals surface area contributed by atoms with Crippen LogP contribution in [0.25, 0.3) is 0 Å². The first-order valence-electron chi connectivity index (χ1n) is 5.10. The van der Waals surface area contributed by atoms with Gasteiger partial charge in [-0.3, -0.25) is 0 Å². The van der Waals surface area contributed by atoms with E-state index in [2.05, 4.69) is 10.3 Å². The average Bonchev–Trinajstić information content (AvgIpc) is 2.61. The number of nitrogen functional groups attached to an aromatic ring is 1. The minimum absolute atomic E-state index is 0.313. The van der Waals surface area contributed by atoms with E-state index in [0.29, 0.717) is 23.7 Å². The van der Waals surface area contributed by atoms with E-state index in [4.69, 9.17) is 10.5 Å². The van der Waals surface area contributed by atoms with Gasteiger partial charge in [0.05, 0.1) is 19.3 Å². The third-order valence-electron chi connectivity index (χ3n) is 2.58. The molecule has 0 unspecified atom stereocenters. The van der Waals surface area contributed by atoms with Gasteiger partial charge in [0, 0.05) is 5.56 Å². The lowest BCUT2D eigenvalue weighted by Gasteiger charge is -2.09. The maximum Gasteiger partial charge on any atom is 0.168 e. The molecule has 1 heterocycles. The molecule has 90 valence electrons. The Morgan fingerprint density at radius 2 is 2.24 bits per heavy atom. The first kappa shape index (κ1) is 11.4. The largest absolute Gasteiger partial charge is 0.496 e. The van der Waals surface area contributed by atoms with Gasteiger partial charge in [-0.25, -0.2) is 9.07 Å². The second kappa shape index (κ2) is 4.40. The Labute approximate surface area is 98.0 Å². The molecule has 0 saturated heterocycles. The van der Waals surface area contributed by atoms with Gasteiger partial charge in [0.1, 0.15) is 11.6 Å². The van der Waals surface area contributed by atoms with Crippen LogP contribution in [0.2, 0.25) is 0 Å². The summed E-state index contributed by atoms with van der Waals surface area (Å²) >= 11 is 0. The predicted octanol–water partition coefficient (Wildman–Crippen LogP) is 1.36. The Balaban J connectivity index is 2.35. The zero-order valence-electron chi connectivity index (χ0n) is 9.64. The van der Waals surface area contributed by atoms with E-state index in [0.717, 1.165) is 5.69 Å². The number of halogens is 1. The van der Waals surface area contributed by atoms with Gasteiger partial charge in [-0.1, -0.05) is 5.21 Å². The van der Waals surface area contributed by atoms with Crippen LogP contribution in [0.4, 0.5) is 10.2 Å². The zero-order valence-corrected chi connectivity index (χ0v) is 9.64. The lowest BCUT2D eigenvalue weighted by atomic mass is 10.2. The molecule has 17 heavy (non-hydrogen) atoms. The molecule has 1 aromatic heterocycles. The molecule has 5 nitrogen and oxygen atoms in total. The van der Waals surface area contributed by atoms with Gasteiger partial charge in [-0.05, 0) is 25.1 Å². The van der Waals surface area contributed by atoms with E-state index in [9.17, 15) is 4.39 Å². The minimum atomic E-state index is -0.313. The van der Waals surface area contributed by atoms with Gasteiger partial charge in [0.25, 0.3) is 0 Å². The number of methoxy groups -OCH3 is 1. The quantitative estimate of drug-likeness (QED) is 0.874. The van der Waals surface area contributed by atoms with Crippen LogP contribution in [-0.4, -0.2) is 22.1 Å². The van der Waals surface area contributed by atoms with E-state index >= 15 is 0 Å². The van der Waals surface area contributed by atoms with Crippen LogP contribution in [0.5, 0.6) is 5.75 Å². The maximum atomic E-state index is 13.2. The predicted molar refractivity (Wildman–Crippen MR) is 61.2 cm³/mol. The second-order valence-corrected chi connectivity index (χ2v) is 3.67. The van der Waals surface area contributed by atoms with Crippen molar-refractivity contribution in [3.05, 3.63) is 35.3 Å². The molecular formula is C11H13FN4O. The van der Waals surface area contributed by atoms with Crippen LogP contribution >= 0.6 is 0 Å². The number of nitrogens with zero attached hydrogens (tertiary/aromatic N) is 3. The minimum Gasteiger partial charge on any atom is -0.496 e. The highest BCUT2D eigenvalue weighted by molar-refractivity contribution is 5.36. The average molecular weight is 236 g/mol. The van der Waals surface area contributed by atoms with Crippen molar-refractivity contribution >= 4 is 5.82 Å². The number of hydrogen-bond acceptors (Lipinski definition) is 4. The summed E-state index contributed by atoms with van der Waals surface area (Å²) in [7, 11) is 1.54. The molecule has 0 bridgehead atoms. The highest BCUT2D eigenvalue weighted by Crippen LogP contribution is 2.21. The van der Waals surface area contributed by atoms with Gasteiger partial charge in [-0.2, -0.15) is 0 Å². The topological polar surface area (TPSA) is 66.0 Å². The summed E-state index contributed by atoms with van der Waals surface area (Å²) in [6, 6.07) is 4.35. The Kier molecular flexibility index (Phi) is 2.95. The number of benzene rings is 1. The summed E-state index contributed by atoms with van der Waals surface area (Å²) in [5.74, 6) is 0.673. The monoisotopic (exact) mass is 236 g/mol. The van der Waals surface area contributed by atoms with Crippen molar-refractivity contribution in [1.82, 2.24) is 15.0 Å². The molecule has 2 aromatic rings. The van der Waals surface area contributed by atoms with Crippen LogP contribution in [-0.2, 0) is 6.54 Å². The molecule has 0 fully saturated rings. The Morgan fingerprint density at radius 3 is 2.82 bits per heavy atom. The molecule has 0 aliphatic carbocycles. The number of ether oxygens (including phenoxy) is 1. The molecule has 0 atom stereocenters. The molecule has 0 spiro atoms. The molecule has 0 amide bonds. The van der Waals surface area contributed by atoms with E-state index in [-0.39, 0.29) is 5.82 Å². The molecule has 0 saturated carbocycles. The first-order chi connectivity index (χ1) is 8.11. The number of anilines is 1. The van der Waals surface area contributed by atoms with E-state index in [1.165, 1.54) is 12.1 Å². The van der Waals surface area contributed by atoms with Crippen LogP contribution in [0.3, 0.4) is 0 Å². The van der Waals surface area contributed by atoms with Crippen LogP contribution < -0.4 is 10.5 Å². The number of rotatable bonds is 3. The number of hydrogen-bond donors (Lipinski definition) is 1. The van der Waals surface area contributed by atoms with Crippen molar-refractivity contribution in [2.45, 2.75) is 13.5 Å². The summed E-state index contributed by atoms with van der Waals surface area (Å²) in [6.45, 7) is 2.18. The van der Waals surface area contributed by atoms with Crippen molar-refractivity contribution in [3.63, 3.8) is 0 Å². The number of aromatic nitrogens is 3. The van der Waals surface area contributed by atoms with Gasteiger partial charge >= 0.3 is 0 Å². The smallest absolute Gasteiger partial charge is 0.168 e. The Morgan fingerprint density at radius 1 is 1.47 bits per heavy atom. The van der Waals surface area contributed by atoms with Gasteiger partial charge in [0.2, 0.25) is 0 Å². The van der Waals surface area contributed by atoms with Crippen molar-refractivity contribution in [1.29, 1.82) is 0 Å². The fraction of sp³-hybridized carbons (Fsp3) is 0.273. The SMILES string of the molecule is COc1ccc(F)cc1Cn1nnc(N)c1C. The molecule has 0 aliphatic heterocycles. The lowest BCUT2D eigenvalue weighted by molar-refractivity contribution is 0.405. The highest BCUT2D eigenvalue weighted by Gasteiger charge is 2.09. The first-order valence-corrected chi connectivity index (χ1v) is 5.10. The van der Waals surface area contributed by atoms with Crippen LogP contribution in [0, 0.1) is 12.7 Å². The third-order valence-corrected chi connectivity index (χ3v) is 2.58. The van der Waals surface area contributed by atoms with Crippen molar-refractivity contribution in [3.8, 4) is 5.75 Å². The normalized spacial score (nSPS) is 10.5. The van der Waals surface area contributed by atoms with E-state index in [1.807, 2.05) is 0 Å². The second-order valence-electron chi connectivity index (χ2n) is 3.67. The maximum absolute atomic E-state index is 13.2. The van der Waals surface area contributed by atoms with Crippen molar-refractivity contribution in [2.24, 2.45) is 0 Å². The van der Waals surface area contributed by atoms with Crippen molar-refractivity contribution in [2.75, 3.05) is 12.8 Å². The fourth-order valence-corrected chi connectivity index (χ4v) is 1.56. The zero-order chi connectivity index (χ0) is 12.4. The van der Waals surface area contributed by atoms with Crippen LogP contribution in [0.15, 0.2) is 18.2 Å². The van der Waals surface area contributed by atoms with E-state index in [1.54, 1.807) is 24.8 Å².